The van der Waals surface area contributed by atoms with Crippen LogP contribution in [0.1, 0.15) is 11.1 Å². The van der Waals surface area contributed by atoms with Crippen LogP contribution in [-0.4, -0.2) is 5.75 Å². The standard InChI is InChI=1S/C10H9FS/c1-8-4-2-5-9(10(8)11)6-3-7-12/h2,4-5,12H,7H2,1H3. The van der Waals surface area contributed by atoms with E-state index in [4.69, 9.17) is 0 Å². The molecule has 0 radical (unpaired) electrons. The Morgan fingerprint density at radius 3 is 2.92 bits per heavy atom. The zero-order valence-corrected chi connectivity index (χ0v) is 7.66. The lowest BCUT2D eigenvalue weighted by Crippen LogP contribution is -1.86. The van der Waals surface area contributed by atoms with E-state index in [1.165, 1.54) is 0 Å². The molecule has 0 saturated carbocycles. The Hall–Kier alpha value is -0.940. The zero-order valence-electron chi connectivity index (χ0n) is 6.76. The molecule has 62 valence electrons. The minimum atomic E-state index is -0.230. The van der Waals surface area contributed by atoms with Crippen molar-refractivity contribution in [3.8, 4) is 11.8 Å². The summed E-state index contributed by atoms with van der Waals surface area (Å²) >= 11 is 3.91. The highest BCUT2D eigenvalue weighted by Gasteiger charge is 1.99. The van der Waals surface area contributed by atoms with E-state index in [0.29, 0.717) is 16.9 Å². The third kappa shape index (κ3) is 2.02. The highest BCUT2D eigenvalue weighted by atomic mass is 32.1. The van der Waals surface area contributed by atoms with Gasteiger partial charge in [0, 0.05) is 0 Å². The van der Waals surface area contributed by atoms with Gasteiger partial charge in [-0.3, -0.25) is 0 Å². The third-order valence-electron chi connectivity index (χ3n) is 1.49. The van der Waals surface area contributed by atoms with Crippen LogP contribution < -0.4 is 0 Å². The molecule has 1 rings (SSSR count). The van der Waals surface area contributed by atoms with E-state index in [2.05, 4.69) is 24.5 Å². The first-order chi connectivity index (χ1) is 5.75. The average molecular weight is 180 g/mol. The third-order valence-corrected chi connectivity index (χ3v) is 1.65. The fourth-order valence-corrected chi connectivity index (χ4v) is 0.958. The van der Waals surface area contributed by atoms with Crippen molar-refractivity contribution in [2.75, 3.05) is 5.75 Å². The van der Waals surface area contributed by atoms with Gasteiger partial charge in [-0.1, -0.05) is 24.0 Å². The number of aryl methyl sites for hydroxylation is 1. The number of thiol groups is 1. The smallest absolute Gasteiger partial charge is 0.141 e. The van der Waals surface area contributed by atoms with Gasteiger partial charge < -0.3 is 0 Å². The predicted molar refractivity (Wildman–Crippen MR) is 51.9 cm³/mol. The van der Waals surface area contributed by atoms with Crippen LogP contribution in [0, 0.1) is 24.6 Å². The Morgan fingerprint density at radius 1 is 1.50 bits per heavy atom. The summed E-state index contributed by atoms with van der Waals surface area (Å²) in [6.45, 7) is 1.72. The molecule has 0 fully saturated rings. The van der Waals surface area contributed by atoms with E-state index < -0.39 is 0 Å². The largest absolute Gasteiger partial charge is 0.205 e. The second-order valence-electron chi connectivity index (χ2n) is 2.40. The maximum atomic E-state index is 13.2. The molecule has 0 aromatic heterocycles. The number of rotatable bonds is 0. The highest BCUT2D eigenvalue weighted by molar-refractivity contribution is 7.80. The highest BCUT2D eigenvalue weighted by Crippen LogP contribution is 2.09. The molecule has 1 aromatic rings. The molecule has 0 unspecified atom stereocenters. The van der Waals surface area contributed by atoms with Gasteiger partial charge in [0.1, 0.15) is 5.82 Å². The minimum absolute atomic E-state index is 0.230. The first-order valence-electron chi connectivity index (χ1n) is 3.60. The maximum absolute atomic E-state index is 13.2. The summed E-state index contributed by atoms with van der Waals surface area (Å²) < 4.78 is 13.2. The Morgan fingerprint density at radius 2 is 2.25 bits per heavy atom. The number of benzene rings is 1. The summed E-state index contributed by atoms with van der Waals surface area (Å²) in [5.74, 6) is 5.63. The Kier molecular flexibility index (Phi) is 3.19. The summed E-state index contributed by atoms with van der Waals surface area (Å²) in [5, 5.41) is 0. The molecule has 0 saturated heterocycles. The Labute approximate surface area is 77.2 Å². The molecular formula is C10H9FS. The molecule has 12 heavy (non-hydrogen) atoms. The van der Waals surface area contributed by atoms with Gasteiger partial charge in [-0.05, 0) is 18.6 Å². The molecule has 2 heteroatoms. The minimum Gasteiger partial charge on any atom is -0.205 e. The van der Waals surface area contributed by atoms with E-state index in [-0.39, 0.29) is 5.82 Å². The fourth-order valence-electron chi connectivity index (χ4n) is 0.879. The second kappa shape index (κ2) is 4.18. The molecule has 0 bridgehead atoms. The van der Waals surface area contributed by atoms with Gasteiger partial charge in [0.2, 0.25) is 0 Å². The molecule has 0 spiro atoms. The first-order valence-corrected chi connectivity index (χ1v) is 4.24. The maximum Gasteiger partial charge on any atom is 0.141 e. The van der Waals surface area contributed by atoms with Gasteiger partial charge in [-0.15, -0.1) is 0 Å². The van der Waals surface area contributed by atoms with Crippen LogP contribution in [0.5, 0.6) is 0 Å². The summed E-state index contributed by atoms with van der Waals surface area (Å²) in [4.78, 5) is 0. The topological polar surface area (TPSA) is 0 Å². The molecule has 0 heterocycles. The average Bonchev–Trinajstić information content (AvgIpc) is 2.08. The first kappa shape index (κ1) is 9.15. The van der Waals surface area contributed by atoms with Crippen molar-refractivity contribution in [3.63, 3.8) is 0 Å². The van der Waals surface area contributed by atoms with Crippen molar-refractivity contribution in [1.29, 1.82) is 0 Å². The van der Waals surface area contributed by atoms with Crippen LogP contribution in [0.2, 0.25) is 0 Å². The second-order valence-corrected chi connectivity index (χ2v) is 2.71. The Balaban J connectivity index is 3.08. The lowest BCUT2D eigenvalue weighted by Gasteiger charge is -1.96. The predicted octanol–water partition coefficient (Wildman–Crippen LogP) is 2.42. The molecule has 0 atom stereocenters. The van der Waals surface area contributed by atoms with Crippen molar-refractivity contribution in [2.24, 2.45) is 0 Å². The Bertz CT molecular complexity index is 333. The van der Waals surface area contributed by atoms with Gasteiger partial charge >= 0.3 is 0 Å². The van der Waals surface area contributed by atoms with Crippen LogP contribution in [-0.2, 0) is 0 Å². The molecule has 0 amide bonds. The van der Waals surface area contributed by atoms with E-state index in [9.17, 15) is 4.39 Å². The number of halogens is 1. The summed E-state index contributed by atoms with van der Waals surface area (Å²) in [5.41, 5.74) is 1.07. The van der Waals surface area contributed by atoms with Gasteiger partial charge in [-0.25, -0.2) is 4.39 Å². The molecule has 0 aliphatic heterocycles. The molecular weight excluding hydrogens is 171 g/mol. The van der Waals surface area contributed by atoms with Crippen molar-refractivity contribution in [2.45, 2.75) is 6.92 Å². The molecule has 0 aliphatic carbocycles. The zero-order chi connectivity index (χ0) is 8.97. The molecule has 0 aliphatic rings. The molecule has 1 aromatic carbocycles. The van der Waals surface area contributed by atoms with Crippen LogP contribution in [0.25, 0.3) is 0 Å². The van der Waals surface area contributed by atoms with Crippen molar-refractivity contribution >= 4 is 12.6 Å². The van der Waals surface area contributed by atoms with E-state index in [0.717, 1.165) is 0 Å². The van der Waals surface area contributed by atoms with E-state index in [1.807, 2.05) is 0 Å². The van der Waals surface area contributed by atoms with Gasteiger partial charge in [0.15, 0.2) is 0 Å². The number of hydrogen-bond donors (Lipinski definition) is 1. The van der Waals surface area contributed by atoms with Gasteiger partial charge in [0.05, 0.1) is 11.3 Å². The lowest BCUT2D eigenvalue weighted by molar-refractivity contribution is 0.615. The van der Waals surface area contributed by atoms with Crippen LogP contribution >= 0.6 is 12.6 Å². The molecule has 0 N–H and O–H groups in total. The summed E-state index contributed by atoms with van der Waals surface area (Å²) in [6, 6.07) is 5.18. The monoisotopic (exact) mass is 180 g/mol. The van der Waals surface area contributed by atoms with E-state index in [1.54, 1.807) is 25.1 Å². The van der Waals surface area contributed by atoms with E-state index >= 15 is 0 Å². The van der Waals surface area contributed by atoms with Gasteiger partial charge in [0.25, 0.3) is 0 Å². The summed E-state index contributed by atoms with van der Waals surface area (Å²) in [7, 11) is 0. The quantitative estimate of drug-likeness (QED) is 0.460. The molecule has 0 nitrogen and oxygen atoms in total. The van der Waals surface area contributed by atoms with Crippen molar-refractivity contribution < 1.29 is 4.39 Å². The van der Waals surface area contributed by atoms with Gasteiger partial charge in [-0.2, -0.15) is 12.6 Å². The van der Waals surface area contributed by atoms with Crippen LogP contribution in [0.4, 0.5) is 4.39 Å². The SMILES string of the molecule is Cc1cccc(C#CCS)c1F. The van der Waals surface area contributed by atoms with Crippen LogP contribution in [0.15, 0.2) is 18.2 Å². The summed E-state index contributed by atoms with van der Waals surface area (Å²) in [6.07, 6.45) is 0. The van der Waals surface area contributed by atoms with Crippen molar-refractivity contribution in [1.82, 2.24) is 0 Å². The number of hydrogen-bond acceptors (Lipinski definition) is 1. The van der Waals surface area contributed by atoms with Crippen LogP contribution in [0.3, 0.4) is 0 Å². The van der Waals surface area contributed by atoms with Crippen molar-refractivity contribution in [3.05, 3.63) is 35.1 Å². The fraction of sp³-hybridized carbons (Fsp3) is 0.200. The lowest BCUT2D eigenvalue weighted by atomic mass is 10.1. The normalized spacial score (nSPS) is 8.92.